The molecule has 34 heavy (non-hydrogen) atoms. The summed E-state index contributed by atoms with van der Waals surface area (Å²) in [4.78, 5) is 42.0. The second-order valence-corrected chi connectivity index (χ2v) is 8.79. The third kappa shape index (κ3) is 6.15. The van der Waals surface area contributed by atoms with E-state index in [0.717, 1.165) is 24.1 Å². The lowest BCUT2D eigenvalue weighted by Gasteiger charge is -2.28. The number of benzene rings is 2. The number of nitrogen functional groups attached to an aromatic ring is 1. The van der Waals surface area contributed by atoms with Crippen LogP contribution in [-0.4, -0.2) is 22.0 Å². The van der Waals surface area contributed by atoms with Gasteiger partial charge in [0.05, 0.1) is 0 Å². The van der Waals surface area contributed by atoms with Gasteiger partial charge in [-0.25, -0.2) is 4.79 Å². The van der Waals surface area contributed by atoms with Gasteiger partial charge in [-0.1, -0.05) is 57.5 Å². The van der Waals surface area contributed by atoms with Crippen molar-refractivity contribution < 1.29 is 4.79 Å². The number of nitrogens with two attached hydrogens (primary N) is 1. The monoisotopic (exact) mass is 463 g/mol. The Morgan fingerprint density at radius 3 is 2.38 bits per heavy atom. The number of aromatic amines is 1. The van der Waals surface area contributed by atoms with Crippen LogP contribution in [0.25, 0.3) is 0 Å². The van der Waals surface area contributed by atoms with Crippen LogP contribution in [-0.2, 0) is 13.1 Å². The number of unbranched alkanes of at least 4 members (excludes halogenated alkanes) is 1. The van der Waals surface area contributed by atoms with Crippen LogP contribution in [0.4, 0.5) is 17.2 Å². The van der Waals surface area contributed by atoms with E-state index in [-0.39, 0.29) is 17.6 Å². The third-order valence-corrected chi connectivity index (χ3v) is 5.47. The van der Waals surface area contributed by atoms with E-state index < -0.39 is 11.2 Å². The summed E-state index contributed by atoms with van der Waals surface area (Å²) in [6.07, 6.45) is 1.69. The quantitative estimate of drug-likeness (QED) is 0.423. The van der Waals surface area contributed by atoms with Crippen LogP contribution in [0, 0.1) is 5.92 Å². The fourth-order valence-corrected chi connectivity index (χ4v) is 3.80. The van der Waals surface area contributed by atoms with Crippen molar-refractivity contribution in [2.45, 2.75) is 46.7 Å². The molecule has 0 aliphatic heterocycles. The fraction of sp³-hybridized carbons (Fsp3) is 0.346. The van der Waals surface area contributed by atoms with Gasteiger partial charge in [0, 0.05) is 30.9 Å². The third-order valence-electron chi connectivity index (χ3n) is 5.47. The topological polar surface area (TPSA) is 113 Å². The molecular weight excluding hydrogens is 430 g/mol. The number of carbonyl (C=O) groups is 1. The Bertz CT molecular complexity index is 1210. The Labute approximate surface area is 199 Å². The molecule has 0 saturated carbocycles. The second kappa shape index (κ2) is 11.4. The lowest BCUT2D eigenvalue weighted by molar-refractivity contribution is 0.102. The largest absolute Gasteiger partial charge is 0.383 e. The van der Waals surface area contributed by atoms with E-state index >= 15 is 0 Å². The molecule has 0 radical (unpaired) electrons. The highest BCUT2D eigenvalue weighted by atomic mass is 16.2. The Hall–Kier alpha value is -3.81. The van der Waals surface area contributed by atoms with E-state index in [2.05, 4.69) is 24.1 Å². The highest BCUT2D eigenvalue weighted by Crippen LogP contribution is 2.21. The van der Waals surface area contributed by atoms with E-state index in [0.29, 0.717) is 30.9 Å². The Morgan fingerprint density at radius 2 is 1.76 bits per heavy atom. The maximum atomic E-state index is 12.8. The number of nitrogens with zero attached hydrogens (tertiary/aromatic N) is 2. The summed E-state index contributed by atoms with van der Waals surface area (Å²) in [6, 6.07) is 16.5. The molecule has 1 heterocycles. The first kappa shape index (κ1) is 24.8. The average molecular weight is 464 g/mol. The molecule has 0 aliphatic carbocycles. The minimum Gasteiger partial charge on any atom is -0.383 e. The second-order valence-electron chi connectivity index (χ2n) is 8.79. The van der Waals surface area contributed by atoms with Crippen LogP contribution in [0.15, 0.2) is 64.2 Å². The van der Waals surface area contributed by atoms with Gasteiger partial charge in [0.25, 0.3) is 11.5 Å². The number of hydrogen-bond donors (Lipinski definition) is 3. The first-order valence-electron chi connectivity index (χ1n) is 11.6. The molecule has 0 bridgehead atoms. The molecule has 4 N–H and O–H groups in total. The van der Waals surface area contributed by atoms with Gasteiger partial charge >= 0.3 is 5.69 Å². The van der Waals surface area contributed by atoms with Crippen molar-refractivity contribution in [3.05, 3.63) is 86.6 Å². The van der Waals surface area contributed by atoms with Crippen LogP contribution in [0.5, 0.6) is 0 Å². The zero-order valence-corrected chi connectivity index (χ0v) is 20.0. The average Bonchev–Trinajstić information content (AvgIpc) is 2.79. The summed E-state index contributed by atoms with van der Waals surface area (Å²) in [5, 5.41) is 2.87. The molecule has 3 rings (SSSR count). The molecule has 8 heteroatoms. The van der Waals surface area contributed by atoms with Gasteiger partial charge in [-0.3, -0.25) is 19.1 Å². The molecule has 0 aliphatic rings. The minimum atomic E-state index is -0.491. The van der Waals surface area contributed by atoms with Gasteiger partial charge < -0.3 is 16.0 Å². The van der Waals surface area contributed by atoms with E-state index in [1.54, 1.807) is 12.1 Å². The molecule has 0 atom stereocenters. The van der Waals surface area contributed by atoms with Crippen LogP contribution in [0.2, 0.25) is 0 Å². The predicted molar refractivity (Wildman–Crippen MR) is 137 cm³/mol. The maximum Gasteiger partial charge on any atom is 0.330 e. The van der Waals surface area contributed by atoms with E-state index in [1.165, 1.54) is 4.57 Å². The first-order chi connectivity index (χ1) is 16.3. The van der Waals surface area contributed by atoms with Crippen LogP contribution in [0.3, 0.4) is 0 Å². The Morgan fingerprint density at radius 1 is 1.09 bits per heavy atom. The van der Waals surface area contributed by atoms with E-state index in [9.17, 15) is 14.4 Å². The number of aromatic nitrogens is 2. The fourth-order valence-electron chi connectivity index (χ4n) is 3.80. The van der Waals surface area contributed by atoms with E-state index in [4.69, 9.17) is 5.73 Å². The molecule has 3 aromatic rings. The Balaban J connectivity index is 1.85. The lowest BCUT2D eigenvalue weighted by Crippen LogP contribution is -2.39. The molecular formula is C26H33N5O3. The molecule has 0 saturated heterocycles. The molecule has 0 spiro atoms. The van der Waals surface area contributed by atoms with Gasteiger partial charge in [-0.05, 0) is 42.2 Å². The van der Waals surface area contributed by atoms with E-state index in [1.807, 2.05) is 54.3 Å². The molecule has 1 amide bonds. The molecule has 0 unspecified atom stereocenters. The molecule has 8 nitrogen and oxygen atoms in total. The Kier molecular flexibility index (Phi) is 8.29. The molecule has 1 aromatic heterocycles. The zero-order valence-electron chi connectivity index (χ0n) is 20.0. The summed E-state index contributed by atoms with van der Waals surface area (Å²) in [7, 11) is 0. The number of H-pyrrole nitrogens is 1. The van der Waals surface area contributed by atoms with Crippen LogP contribution < -0.4 is 27.2 Å². The predicted octanol–water partition coefficient (Wildman–Crippen LogP) is 3.83. The first-order valence-corrected chi connectivity index (χ1v) is 11.6. The van der Waals surface area contributed by atoms with Crippen molar-refractivity contribution in [2.24, 2.45) is 5.92 Å². The van der Waals surface area contributed by atoms with Crippen molar-refractivity contribution in [1.82, 2.24) is 9.55 Å². The van der Waals surface area contributed by atoms with Gasteiger partial charge in [-0.2, -0.15) is 0 Å². The lowest BCUT2D eigenvalue weighted by atomic mass is 10.1. The van der Waals surface area contributed by atoms with Crippen molar-refractivity contribution in [3.8, 4) is 0 Å². The van der Waals surface area contributed by atoms with Crippen LogP contribution >= 0.6 is 0 Å². The highest BCUT2D eigenvalue weighted by molar-refractivity contribution is 6.04. The van der Waals surface area contributed by atoms with Crippen LogP contribution in [0.1, 0.15) is 49.5 Å². The zero-order chi connectivity index (χ0) is 24.7. The van der Waals surface area contributed by atoms with Crippen molar-refractivity contribution in [1.29, 1.82) is 0 Å². The van der Waals surface area contributed by atoms with Crippen molar-refractivity contribution in [2.75, 3.05) is 22.5 Å². The number of nitrogens with one attached hydrogen (secondary N) is 2. The number of rotatable bonds is 10. The summed E-state index contributed by atoms with van der Waals surface area (Å²) in [5.41, 5.74) is 7.85. The summed E-state index contributed by atoms with van der Waals surface area (Å²) < 4.78 is 1.44. The smallest absolute Gasteiger partial charge is 0.330 e. The maximum absolute atomic E-state index is 12.8. The van der Waals surface area contributed by atoms with Gasteiger partial charge in [0.15, 0.2) is 0 Å². The van der Waals surface area contributed by atoms with Crippen molar-refractivity contribution >= 4 is 23.1 Å². The van der Waals surface area contributed by atoms with Gasteiger partial charge in [0.1, 0.15) is 11.5 Å². The highest BCUT2D eigenvalue weighted by Gasteiger charge is 2.20. The molecule has 180 valence electrons. The summed E-state index contributed by atoms with van der Waals surface area (Å²) in [6.45, 7) is 7.59. The summed E-state index contributed by atoms with van der Waals surface area (Å²) in [5.74, 6) is 0.243. The molecule has 0 fully saturated rings. The normalized spacial score (nSPS) is 10.9. The minimum absolute atomic E-state index is 0.182. The standard InChI is InChI=1S/C26H33N5O3/c1-4-5-15-31-23(27)22(25(33)29-26(31)34)30(16-18(2)3)17-19-11-13-20(14-12-19)24(32)28-21-9-7-6-8-10-21/h6-14,18H,4-5,15-17,27H2,1-3H3,(H,28,32)(H,29,33,34). The van der Waals surface area contributed by atoms with Gasteiger partial charge in [0.2, 0.25) is 0 Å². The number of amides is 1. The number of carbonyl (C=O) groups excluding carboxylic acids is 1. The number of anilines is 3. The van der Waals surface area contributed by atoms with Gasteiger partial charge in [-0.15, -0.1) is 0 Å². The molecule has 2 aromatic carbocycles. The summed E-state index contributed by atoms with van der Waals surface area (Å²) >= 11 is 0. The SMILES string of the molecule is CCCCn1c(N)c(N(Cc2ccc(C(=O)Nc3ccccc3)cc2)CC(C)C)c(=O)[nH]c1=O. The van der Waals surface area contributed by atoms with Crippen molar-refractivity contribution in [3.63, 3.8) is 0 Å². The number of para-hydroxylation sites is 1. The number of hydrogen-bond acceptors (Lipinski definition) is 5.